The number of nitrogens with one attached hydrogen (secondary N) is 1. The van der Waals surface area contributed by atoms with Crippen LogP contribution < -0.4 is 10.2 Å². The van der Waals surface area contributed by atoms with E-state index in [9.17, 15) is 5.11 Å². The van der Waals surface area contributed by atoms with Crippen LogP contribution in [0.5, 0.6) is 0 Å². The molecule has 0 aromatic heterocycles. The summed E-state index contributed by atoms with van der Waals surface area (Å²) in [5, 5.41) is 13.8. The number of rotatable bonds is 8. The Labute approximate surface area is 151 Å². The Morgan fingerprint density at radius 2 is 1.88 bits per heavy atom. The van der Waals surface area contributed by atoms with Gasteiger partial charge in [-0.25, -0.2) is 0 Å². The Morgan fingerprint density at radius 3 is 2.54 bits per heavy atom. The van der Waals surface area contributed by atoms with E-state index in [1.54, 1.807) is 0 Å². The van der Waals surface area contributed by atoms with Crippen molar-refractivity contribution in [2.24, 2.45) is 0 Å². The normalized spacial score (nSPS) is 13.5. The van der Waals surface area contributed by atoms with Gasteiger partial charge in [-0.1, -0.05) is 30.3 Å². The van der Waals surface area contributed by atoms with E-state index in [4.69, 9.17) is 0 Å². The number of aliphatic hydroxyl groups is 1. The summed E-state index contributed by atoms with van der Waals surface area (Å²) in [6.07, 6.45) is 0.527. The van der Waals surface area contributed by atoms with Gasteiger partial charge in [-0.3, -0.25) is 0 Å². The number of anilines is 1. The van der Waals surface area contributed by atoms with Gasteiger partial charge in [0, 0.05) is 36.8 Å². The molecule has 0 heterocycles. The monoisotopic (exact) mass is 344 g/mol. The molecule has 2 N–H and O–H groups in total. The minimum Gasteiger partial charge on any atom is -0.387 e. The van der Waals surface area contributed by atoms with Crippen molar-refractivity contribution in [1.82, 2.24) is 5.32 Å². The number of benzene rings is 2. The number of aryl methyl sites for hydroxylation is 1. The highest BCUT2D eigenvalue weighted by Crippen LogP contribution is 2.19. The molecule has 2 aromatic carbocycles. The quantitative estimate of drug-likeness (QED) is 0.637. The van der Waals surface area contributed by atoms with E-state index >= 15 is 0 Å². The highest BCUT2D eigenvalue weighted by Gasteiger charge is 2.11. The lowest BCUT2D eigenvalue weighted by Gasteiger charge is -2.23. The minimum atomic E-state index is -0.494. The number of hydrogen-bond acceptors (Lipinski definition) is 4. The second kappa shape index (κ2) is 9.11. The molecule has 2 aromatic rings. The highest BCUT2D eigenvalue weighted by molar-refractivity contribution is 7.80. The summed E-state index contributed by atoms with van der Waals surface area (Å²) in [6, 6.07) is 16.6. The second-order valence-corrected chi connectivity index (χ2v) is 6.90. The third kappa shape index (κ3) is 5.55. The fourth-order valence-electron chi connectivity index (χ4n) is 2.62. The molecule has 0 spiro atoms. The van der Waals surface area contributed by atoms with E-state index in [2.05, 4.69) is 61.1 Å². The van der Waals surface area contributed by atoms with Crippen molar-refractivity contribution in [3.05, 3.63) is 59.7 Å². The number of aliphatic hydroxyl groups excluding tert-OH is 1. The fourth-order valence-corrected chi connectivity index (χ4v) is 2.76. The number of para-hydroxylation sites is 1. The maximum atomic E-state index is 10.3. The molecule has 3 nitrogen and oxygen atoms in total. The summed E-state index contributed by atoms with van der Waals surface area (Å²) >= 11 is 4.37. The first-order chi connectivity index (χ1) is 11.5. The molecule has 0 bridgehead atoms. The van der Waals surface area contributed by atoms with Crippen molar-refractivity contribution < 1.29 is 5.11 Å². The summed E-state index contributed by atoms with van der Waals surface area (Å²) < 4.78 is 0. The molecule has 2 unspecified atom stereocenters. The molecule has 2 atom stereocenters. The van der Waals surface area contributed by atoms with Crippen molar-refractivity contribution >= 4 is 18.3 Å². The minimum absolute atomic E-state index is 0.344. The van der Waals surface area contributed by atoms with Crippen LogP contribution in [-0.2, 0) is 0 Å². The third-order valence-corrected chi connectivity index (χ3v) is 4.86. The van der Waals surface area contributed by atoms with E-state index in [1.807, 2.05) is 31.2 Å². The number of thiol groups is 1. The van der Waals surface area contributed by atoms with Gasteiger partial charge in [0.05, 0.1) is 6.10 Å². The largest absolute Gasteiger partial charge is 0.387 e. The average Bonchev–Trinajstić information content (AvgIpc) is 2.60. The molecule has 0 amide bonds. The van der Waals surface area contributed by atoms with Gasteiger partial charge < -0.3 is 15.3 Å². The molecule has 0 aliphatic heterocycles. The molecular weight excluding hydrogens is 316 g/mol. The SMILES string of the molecule is Cc1cc(C(O)CNC(C)CCN(C)c2ccccc2)ccc1S. The van der Waals surface area contributed by atoms with Crippen molar-refractivity contribution in [3.63, 3.8) is 0 Å². The standard InChI is InChI=1S/C20H28N2OS/c1-15-13-17(9-10-20(15)24)19(23)14-21-16(2)11-12-22(3)18-7-5-4-6-8-18/h4-10,13,16,19,21,23-24H,11-12,14H2,1-3H3. The van der Waals surface area contributed by atoms with Gasteiger partial charge in [-0.2, -0.15) is 0 Å². The van der Waals surface area contributed by atoms with Gasteiger partial charge in [0.1, 0.15) is 0 Å². The fraction of sp³-hybridized carbons (Fsp3) is 0.400. The summed E-state index contributed by atoms with van der Waals surface area (Å²) in [6.45, 7) is 5.70. The van der Waals surface area contributed by atoms with Gasteiger partial charge in [0.25, 0.3) is 0 Å². The molecule has 2 rings (SSSR count). The van der Waals surface area contributed by atoms with E-state index in [-0.39, 0.29) is 0 Å². The lowest BCUT2D eigenvalue weighted by atomic mass is 10.1. The molecule has 0 aliphatic rings. The maximum absolute atomic E-state index is 10.3. The van der Waals surface area contributed by atoms with Gasteiger partial charge in [-0.05, 0) is 49.6 Å². The zero-order valence-electron chi connectivity index (χ0n) is 14.7. The Bertz CT molecular complexity index is 633. The lowest BCUT2D eigenvalue weighted by Crippen LogP contribution is -2.33. The Balaban J connectivity index is 1.76. The smallest absolute Gasteiger partial charge is 0.0914 e. The lowest BCUT2D eigenvalue weighted by molar-refractivity contribution is 0.170. The maximum Gasteiger partial charge on any atom is 0.0914 e. The van der Waals surface area contributed by atoms with Crippen LogP contribution in [-0.4, -0.2) is 31.3 Å². The first-order valence-electron chi connectivity index (χ1n) is 8.44. The zero-order valence-corrected chi connectivity index (χ0v) is 15.6. The van der Waals surface area contributed by atoms with Crippen LogP contribution in [0.2, 0.25) is 0 Å². The van der Waals surface area contributed by atoms with Crippen LogP contribution in [0.3, 0.4) is 0 Å². The summed E-state index contributed by atoms with van der Waals surface area (Å²) in [5.74, 6) is 0. The van der Waals surface area contributed by atoms with Crippen molar-refractivity contribution in [1.29, 1.82) is 0 Å². The molecule has 0 aliphatic carbocycles. The van der Waals surface area contributed by atoms with Gasteiger partial charge in [0.2, 0.25) is 0 Å². The predicted molar refractivity (Wildman–Crippen MR) is 105 cm³/mol. The van der Waals surface area contributed by atoms with Gasteiger partial charge >= 0.3 is 0 Å². The Hall–Kier alpha value is -1.49. The van der Waals surface area contributed by atoms with E-state index in [0.717, 1.165) is 29.0 Å². The van der Waals surface area contributed by atoms with Crippen LogP contribution in [0.4, 0.5) is 5.69 Å². The topological polar surface area (TPSA) is 35.5 Å². The highest BCUT2D eigenvalue weighted by atomic mass is 32.1. The summed E-state index contributed by atoms with van der Waals surface area (Å²) in [5.41, 5.74) is 3.26. The summed E-state index contributed by atoms with van der Waals surface area (Å²) in [4.78, 5) is 3.21. The van der Waals surface area contributed by atoms with Crippen LogP contribution in [0.15, 0.2) is 53.4 Å². The van der Waals surface area contributed by atoms with Crippen molar-refractivity contribution in [3.8, 4) is 0 Å². The van der Waals surface area contributed by atoms with Crippen molar-refractivity contribution in [2.75, 3.05) is 25.0 Å². The van der Waals surface area contributed by atoms with Crippen LogP contribution in [0.1, 0.15) is 30.6 Å². The van der Waals surface area contributed by atoms with Crippen LogP contribution >= 0.6 is 12.6 Å². The Morgan fingerprint density at radius 1 is 1.17 bits per heavy atom. The van der Waals surface area contributed by atoms with E-state index < -0.39 is 6.10 Å². The summed E-state index contributed by atoms with van der Waals surface area (Å²) in [7, 11) is 2.11. The first kappa shape index (κ1) is 18.8. The van der Waals surface area contributed by atoms with Crippen LogP contribution in [0.25, 0.3) is 0 Å². The molecule has 0 radical (unpaired) electrons. The average molecular weight is 345 g/mol. The molecule has 0 saturated heterocycles. The third-order valence-electron chi connectivity index (χ3n) is 4.36. The molecule has 24 heavy (non-hydrogen) atoms. The Kier molecular flexibility index (Phi) is 7.16. The first-order valence-corrected chi connectivity index (χ1v) is 8.89. The number of nitrogens with zero attached hydrogens (tertiary/aromatic N) is 1. The molecular formula is C20H28N2OS. The van der Waals surface area contributed by atoms with Crippen molar-refractivity contribution in [2.45, 2.75) is 37.3 Å². The van der Waals surface area contributed by atoms with Gasteiger partial charge in [0.15, 0.2) is 0 Å². The van der Waals surface area contributed by atoms with Gasteiger partial charge in [-0.15, -0.1) is 12.6 Å². The number of hydrogen-bond donors (Lipinski definition) is 3. The molecule has 130 valence electrons. The second-order valence-electron chi connectivity index (χ2n) is 6.42. The van der Waals surface area contributed by atoms with E-state index in [1.165, 1.54) is 5.69 Å². The molecule has 0 saturated carbocycles. The predicted octanol–water partition coefficient (Wildman–Crippen LogP) is 3.82. The molecule has 0 fully saturated rings. The van der Waals surface area contributed by atoms with E-state index in [0.29, 0.717) is 12.6 Å². The molecule has 4 heteroatoms. The van der Waals surface area contributed by atoms with Crippen LogP contribution in [0, 0.1) is 6.92 Å². The zero-order chi connectivity index (χ0) is 17.5.